The van der Waals surface area contributed by atoms with E-state index in [1.165, 1.54) is 4.90 Å². The molecule has 0 aliphatic carbocycles. The maximum atomic E-state index is 11.4. The van der Waals surface area contributed by atoms with Gasteiger partial charge in [0.25, 0.3) is 0 Å². The van der Waals surface area contributed by atoms with E-state index in [1.807, 2.05) is 13.8 Å². The molecule has 14 heavy (non-hydrogen) atoms. The molecule has 1 atom stereocenters. The van der Waals surface area contributed by atoms with Gasteiger partial charge in [0.1, 0.15) is 6.16 Å². The third-order valence-electron chi connectivity index (χ3n) is 1.78. The Morgan fingerprint density at radius 3 is 2.21 bits per heavy atom. The summed E-state index contributed by atoms with van der Waals surface area (Å²) in [4.78, 5) is 22.1. The van der Waals surface area contributed by atoms with Crippen molar-refractivity contribution in [3.05, 3.63) is 0 Å². The summed E-state index contributed by atoms with van der Waals surface area (Å²) in [6.07, 6.45) is -0.428. The fourth-order valence-corrected chi connectivity index (χ4v) is 2.13. The molecule has 0 saturated carbocycles. The van der Waals surface area contributed by atoms with E-state index < -0.39 is 13.8 Å². The second kappa shape index (κ2) is 6.17. The van der Waals surface area contributed by atoms with Crippen LogP contribution in [0.2, 0.25) is 0 Å². The average Bonchev–Trinajstić information content (AvgIpc) is 2.04. The highest BCUT2D eigenvalue weighted by Gasteiger charge is 2.25. The molecule has 0 aromatic carbocycles. The van der Waals surface area contributed by atoms with Crippen molar-refractivity contribution >= 4 is 13.5 Å². The van der Waals surface area contributed by atoms with Crippen LogP contribution in [0.5, 0.6) is 0 Å². The summed E-state index contributed by atoms with van der Waals surface area (Å²) < 4.78 is 15.8. The van der Waals surface area contributed by atoms with Crippen LogP contribution in [0.3, 0.4) is 0 Å². The van der Waals surface area contributed by atoms with Crippen molar-refractivity contribution in [3.8, 4) is 0 Å². The number of hydrogen-bond acceptors (Lipinski definition) is 3. The molecule has 1 unspecified atom stereocenters. The van der Waals surface area contributed by atoms with E-state index in [2.05, 4.69) is 4.52 Å². The van der Waals surface area contributed by atoms with Crippen molar-refractivity contribution in [3.63, 3.8) is 0 Å². The molecule has 0 aliphatic heterocycles. The predicted molar refractivity (Wildman–Crippen MR) is 54.2 cm³/mol. The van der Waals surface area contributed by atoms with Crippen LogP contribution in [0.1, 0.15) is 20.8 Å². The second-order valence-corrected chi connectivity index (χ2v) is 4.63. The van der Waals surface area contributed by atoms with E-state index in [0.717, 1.165) is 0 Å². The summed E-state index contributed by atoms with van der Waals surface area (Å²) >= 11 is 0. The van der Waals surface area contributed by atoms with Gasteiger partial charge in [-0.3, -0.25) is 9.36 Å². The first kappa shape index (κ1) is 13.6. The Hall–Kier alpha value is -0.380. The van der Waals surface area contributed by atoms with Crippen LogP contribution in [0.15, 0.2) is 0 Å². The number of carbonyl (C=O) groups is 1. The molecule has 84 valence electrons. The second-order valence-electron chi connectivity index (χ2n) is 2.78. The molecule has 0 aliphatic rings. The fourth-order valence-electron chi connectivity index (χ4n) is 1.09. The van der Waals surface area contributed by atoms with Crippen molar-refractivity contribution in [2.75, 3.05) is 25.9 Å². The summed E-state index contributed by atoms with van der Waals surface area (Å²) in [5.41, 5.74) is 0. The summed E-state index contributed by atoms with van der Waals surface area (Å²) in [6.45, 7) is 6.49. The third kappa shape index (κ3) is 4.74. The van der Waals surface area contributed by atoms with Crippen LogP contribution in [0, 0.1) is 0 Å². The molecule has 1 N–H and O–H groups in total. The number of nitrogens with zero attached hydrogens (tertiary/aromatic N) is 1. The van der Waals surface area contributed by atoms with E-state index in [9.17, 15) is 14.3 Å². The lowest BCUT2D eigenvalue weighted by Crippen LogP contribution is -2.32. The van der Waals surface area contributed by atoms with E-state index in [-0.39, 0.29) is 12.5 Å². The Morgan fingerprint density at radius 2 is 1.86 bits per heavy atom. The highest BCUT2D eigenvalue weighted by atomic mass is 31.2. The molecule has 0 radical (unpaired) electrons. The van der Waals surface area contributed by atoms with Gasteiger partial charge < -0.3 is 14.3 Å². The van der Waals surface area contributed by atoms with Crippen LogP contribution in [0.25, 0.3) is 0 Å². The topological polar surface area (TPSA) is 66.8 Å². The normalized spacial score (nSPS) is 14.9. The van der Waals surface area contributed by atoms with Crippen LogP contribution in [-0.2, 0) is 13.9 Å². The van der Waals surface area contributed by atoms with Gasteiger partial charge in [-0.25, -0.2) is 0 Å². The van der Waals surface area contributed by atoms with Gasteiger partial charge >= 0.3 is 7.60 Å². The Kier molecular flexibility index (Phi) is 6.00. The first-order valence-corrected chi connectivity index (χ1v) is 6.47. The first-order valence-electron chi connectivity index (χ1n) is 4.71. The summed E-state index contributed by atoms with van der Waals surface area (Å²) in [7, 11) is -3.72. The van der Waals surface area contributed by atoms with Crippen molar-refractivity contribution in [2.45, 2.75) is 20.8 Å². The zero-order chi connectivity index (χ0) is 11.2. The molecule has 5 nitrogen and oxygen atoms in total. The minimum absolute atomic E-state index is 0.138. The van der Waals surface area contributed by atoms with Crippen LogP contribution < -0.4 is 0 Å². The number of rotatable bonds is 6. The van der Waals surface area contributed by atoms with Crippen LogP contribution in [-0.4, -0.2) is 41.6 Å². The maximum absolute atomic E-state index is 11.4. The Bertz CT molecular complexity index is 227. The molecule has 0 rings (SSSR count). The molecule has 1 amide bonds. The summed E-state index contributed by atoms with van der Waals surface area (Å²) in [5, 5.41) is 0. The number of carbonyl (C=O) groups excluding carboxylic acids is 1. The Labute approximate surface area is 84.6 Å². The Morgan fingerprint density at radius 1 is 1.36 bits per heavy atom. The highest BCUT2D eigenvalue weighted by molar-refractivity contribution is 7.53. The molecule has 0 fully saturated rings. The molecule has 0 bridgehead atoms. The van der Waals surface area contributed by atoms with Gasteiger partial charge in [-0.1, -0.05) is 0 Å². The average molecular weight is 223 g/mol. The van der Waals surface area contributed by atoms with Gasteiger partial charge in [0.2, 0.25) is 5.91 Å². The monoisotopic (exact) mass is 223 g/mol. The van der Waals surface area contributed by atoms with E-state index in [0.29, 0.717) is 13.1 Å². The molecule has 0 aromatic heterocycles. The predicted octanol–water partition coefficient (Wildman–Crippen LogP) is 1.08. The van der Waals surface area contributed by atoms with Crippen molar-refractivity contribution in [2.24, 2.45) is 0 Å². The minimum Gasteiger partial charge on any atom is -0.343 e. The standard InChI is InChI=1S/C8H18NO4P/c1-4-9(5-2)8(10)7-14(11,12)13-6-3/h4-7H2,1-3H3,(H,11,12). The highest BCUT2D eigenvalue weighted by Crippen LogP contribution is 2.41. The van der Waals surface area contributed by atoms with Crippen LogP contribution in [0.4, 0.5) is 0 Å². The van der Waals surface area contributed by atoms with Gasteiger partial charge in [-0.15, -0.1) is 0 Å². The lowest BCUT2D eigenvalue weighted by molar-refractivity contribution is -0.128. The van der Waals surface area contributed by atoms with Gasteiger partial charge in [0, 0.05) is 13.1 Å². The Balaban J connectivity index is 4.23. The quantitative estimate of drug-likeness (QED) is 0.684. The minimum atomic E-state index is -3.72. The summed E-state index contributed by atoms with van der Waals surface area (Å²) in [6, 6.07) is 0. The van der Waals surface area contributed by atoms with Crippen molar-refractivity contribution < 1.29 is 18.8 Å². The number of amides is 1. The molecule has 6 heteroatoms. The smallest absolute Gasteiger partial charge is 0.337 e. The zero-order valence-electron chi connectivity index (χ0n) is 8.89. The zero-order valence-corrected chi connectivity index (χ0v) is 9.79. The maximum Gasteiger partial charge on any atom is 0.337 e. The van der Waals surface area contributed by atoms with Gasteiger partial charge in [0.15, 0.2) is 0 Å². The van der Waals surface area contributed by atoms with E-state index in [1.54, 1.807) is 6.92 Å². The third-order valence-corrected chi connectivity index (χ3v) is 3.11. The number of hydrogen-bond donors (Lipinski definition) is 1. The molecular weight excluding hydrogens is 205 g/mol. The lowest BCUT2D eigenvalue weighted by Gasteiger charge is -2.19. The van der Waals surface area contributed by atoms with E-state index in [4.69, 9.17) is 0 Å². The summed E-state index contributed by atoms with van der Waals surface area (Å²) in [5.74, 6) is -0.339. The van der Waals surface area contributed by atoms with E-state index >= 15 is 0 Å². The molecule has 0 spiro atoms. The fraction of sp³-hybridized carbons (Fsp3) is 0.875. The van der Waals surface area contributed by atoms with Crippen molar-refractivity contribution in [1.82, 2.24) is 4.90 Å². The molecule has 0 heterocycles. The largest absolute Gasteiger partial charge is 0.343 e. The van der Waals surface area contributed by atoms with Gasteiger partial charge in [-0.05, 0) is 20.8 Å². The lowest BCUT2D eigenvalue weighted by atomic mass is 10.5. The molecule has 0 saturated heterocycles. The van der Waals surface area contributed by atoms with Crippen molar-refractivity contribution in [1.29, 1.82) is 0 Å². The molecular formula is C8H18NO4P. The van der Waals surface area contributed by atoms with Gasteiger partial charge in [-0.2, -0.15) is 0 Å². The molecule has 0 aromatic rings. The first-order chi connectivity index (χ1) is 6.46. The van der Waals surface area contributed by atoms with Gasteiger partial charge in [0.05, 0.1) is 6.61 Å². The van der Waals surface area contributed by atoms with Crippen LogP contribution >= 0.6 is 7.60 Å². The SMILES string of the molecule is CCOP(=O)(O)CC(=O)N(CC)CC.